The van der Waals surface area contributed by atoms with E-state index in [0.29, 0.717) is 0 Å². The highest BCUT2D eigenvalue weighted by Gasteiger charge is 2.41. The van der Waals surface area contributed by atoms with Crippen molar-refractivity contribution in [2.24, 2.45) is 0 Å². The second kappa shape index (κ2) is 7.41. The molecule has 0 bridgehead atoms. The van der Waals surface area contributed by atoms with Crippen LogP contribution in [0.2, 0.25) is 5.02 Å². The van der Waals surface area contributed by atoms with Gasteiger partial charge in [0.2, 0.25) is 0 Å². The zero-order valence-electron chi connectivity index (χ0n) is 15.2. The third-order valence-electron chi connectivity index (χ3n) is 4.29. The number of hydrogen-bond donors (Lipinski definition) is 0. The smallest absolute Gasteiger partial charge is 0.284 e. The molecule has 0 aliphatic rings. The van der Waals surface area contributed by atoms with Crippen LogP contribution in [-0.4, -0.2) is 19.4 Å². The Balaban J connectivity index is 2.02. The average molecular weight is 458 g/mol. The summed E-state index contributed by atoms with van der Waals surface area (Å²) in [6.45, 7) is 0. The molecule has 0 spiro atoms. The van der Waals surface area contributed by atoms with Crippen LogP contribution in [0.25, 0.3) is 5.65 Å². The van der Waals surface area contributed by atoms with Gasteiger partial charge in [-0.2, -0.15) is 26.3 Å². The van der Waals surface area contributed by atoms with E-state index in [1.165, 1.54) is 30.6 Å². The van der Waals surface area contributed by atoms with Crippen molar-refractivity contribution in [3.8, 4) is 0 Å². The first-order valence-electron chi connectivity index (χ1n) is 8.54. The summed E-state index contributed by atoms with van der Waals surface area (Å²) in [6, 6.07) is 7.64. The molecule has 0 saturated carbocycles. The lowest BCUT2D eigenvalue weighted by Gasteiger charge is -2.25. The first-order chi connectivity index (χ1) is 14.6. The molecule has 0 aliphatic carbocycles. The fourth-order valence-corrected chi connectivity index (χ4v) is 3.15. The number of rotatable bonds is 3. The van der Waals surface area contributed by atoms with Crippen LogP contribution in [0.5, 0.6) is 0 Å². The van der Waals surface area contributed by atoms with Crippen LogP contribution in [0.4, 0.5) is 43.7 Å². The topological polar surface area (TPSA) is 46.3 Å². The van der Waals surface area contributed by atoms with Crippen LogP contribution in [0.3, 0.4) is 0 Å². The molecular weight excluding hydrogens is 448 g/mol. The quantitative estimate of drug-likeness (QED) is 0.339. The second-order valence-electron chi connectivity index (χ2n) is 6.30. The minimum Gasteiger partial charge on any atom is -0.284 e. The van der Waals surface area contributed by atoms with E-state index in [2.05, 4.69) is 15.0 Å². The van der Waals surface area contributed by atoms with Gasteiger partial charge in [0.25, 0.3) is 0 Å². The molecule has 3 aromatic heterocycles. The Morgan fingerprint density at radius 3 is 2.16 bits per heavy atom. The molecule has 5 nitrogen and oxygen atoms in total. The van der Waals surface area contributed by atoms with Gasteiger partial charge in [-0.3, -0.25) is 9.30 Å². The summed E-state index contributed by atoms with van der Waals surface area (Å²) < 4.78 is 81.7. The molecule has 12 heteroatoms. The third kappa shape index (κ3) is 4.00. The van der Waals surface area contributed by atoms with E-state index in [4.69, 9.17) is 11.6 Å². The standard InChI is InChI=1S/C19H10ClF6N5/c20-12-3-6-15-29-16(19(24,25)26)17(30(15)9-12)31(14-7-8-27-10-28-14)13-4-1-11(2-5-13)18(21,22)23/h1-10H. The Morgan fingerprint density at radius 2 is 1.58 bits per heavy atom. The maximum absolute atomic E-state index is 13.9. The highest BCUT2D eigenvalue weighted by Crippen LogP contribution is 2.43. The summed E-state index contributed by atoms with van der Waals surface area (Å²) in [5, 5.41) is 0.134. The molecule has 0 atom stereocenters. The van der Waals surface area contributed by atoms with Crippen LogP contribution < -0.4 is 4.90 Å². The van der Waals surface area contributed by atoms with Gasteiger partial charge in [-0.05, 0) is 42.5 Å². The molecule has 31 heavy (non-hydrogen) atoms. The number of alkyl halides is 6. The third-order valence-corrected chi connectivity index (χ3v) is 4.51. The summed E-state index contributed by atoms with van der Waals surface area (Å²) in [5.74, 6) is -0.495. The first-order valence-corrected chi connectivity index (χ1v) is 8.92. The predicted octanol–water partition coefficient (Wildman–Crippen LogP) is 6.29. The fraction of sp³-hybridized carbons (Fsp3) is 0.105. The zero-order chi connectivity index (χ0) is 22.4. The number of imidazole rings is 1. The van der Waals surface area contributed by atoms with E-state index in [-0.39, 0.29) is 22.2 Å². The minimum absolute atomic E-state index is 0.000949. The van der Waals surface area contributed by atoms with Crippen molar-refractivity contribution in [2.75, 3.05) is 4.90 Å². The lowest BCUT2D eigenvalue weighted by molar-refractivity contribution is -0.140. The monoisotopic (exact) mass is 457 g/mol. The van der Waals surface area contributed by atoms with Gasteiger partial charge >= 0.3 is 12.4 Å². The number of hydrogen-bond acceptors (Lipinski definition) is 4. The number of pyridine rings is 1. The van der Waals surface area contributed by atoms with Gasteiger partial charge < -0.3 is 0 Å². The van der Waals surface area contributed by atoms with Gasteiger partial charge in [0.05, 0.1) is 10.6 Å². The van der Waals surface area contributed by atoms with Crippen LogP contribution in [-0.2, 0) is 12.4 Å². The van der Waals surface area contributed by atoms with Crippen LogP contribution in [0, 0.1) is 0 Å². The molecule has 1 aromatic carbocycles. The number of aromatic nitrogens is 4. The molecule has 4 aromatic rings. The Bertz CT molecular complexity index is 1220. The second-order valence-corrected chi connectivity index (χ2v) is 6.74. The summed E-state index contributed by atoms with van der Waals surface area (Å²) in [7, 11) is 0. The summed E-state index contributed by atoms with van der Waals surface area (Å²) >= 11 is 5.98. The number of fused-ring (bicyclic) bond motifs is 1. The van der Waals surface area contributed by atoms with Crippen molar-refractivity contribution in [3.63, 3.8) is 0 Å². The van der Waals surface area contributed by atoms with E-state index in [9.17, 15) is 26.3 Å². The van der Waals surface area contributed by atoms with Gasteiger partial charge in [-0.1, -0.05) is 11.6 Å². The number of halogens is 7. The molecule has 0 N–H and O–H groups in total. The largest absolute Gasteiger partial charge is 0.437 e. The fourth-order valence-electron chi connectivity index (χ4n) is 2.99. The molecule has 0 radical (unpaired) electrons. The molecule has 160 valence electrons. The first kappa shape index (κ1) is 20.9. The molecular formula is C19H10ClF6N5. The number of benzene rings is 1. The van der Waals surface area contributed by atoms with Crippen LogP contribution >= 0.6 is 11.6 Å². The van der Waals surface area contributed by atoms with Crippen molar-refractivity contribution >= 4 is 34.6 Å². The lowest BCUT2D eigenvalue weighted by atomic mass is 10.2. The Morgan fingerprint density at radius 1 is 0.871 bits per heavy atom. The van der Waals surface area contributed by atoms with E-state index >= 15 is 0 Å². The minimum atomic E-state index is -4.87. The lowest BCUT2D eigenvalue weighted by Crippen LogP contribution is -2.19. The molecule has 0 aliphatic heterocycles. The van der Waals surface area contributed by atoms with Crippen molar-refractivity contribution in [1.82, 2.24) is 19.4 Å². The molecule has 4 rings (SSSR count). The molecule has 3 heterocycles. The van der Waals surface area contributed by atoms with E-state index < -0.39 is 29.4 Å². The van der Waals surface area contributed by atoms with Gasteiger partial charge in [0, 0.05) is 18.1 Å². The van der Waals surface area contributed by atoms with Crippen molar-refractivity contribution in [1.29, 1.82) is 0 Å². The maximum atomic E-state index is 13.9. The van der Waals surface area contributed by atoms with Crippen LogP contribution in [0.15, 0.2) is 61.2 Å². The van der Waals surface area contributed by atoms with Crippen molar-refractivity contribution in [2.45, 2.75) is 12.4 Å². The summed E-state index contributed by atoms with van der Waals surface area (Å²) in [5.41, 5.74) is -2.26. The van der Waals surface area contributed by atoms with Crippen molar-refractivity contribution in [3.05, 3.63) is 77.5 Å². The summed E-state index contributed by atoms with van der Waals surface area (Å²) in [4.78, 5) is 12.4. The molecule has 0 fully saturated rings. The zero-order valence-corrected chi connectivity index (χ0v) is 15.9. The number of anilines is 3. The average Bonchev–Trinajstić information content (AvgIpc) is 3.08. The van der Waals surface area contributed by atoms with Gasteiger partial charge in [-0.25, -0.2) is 15.0 Å². The highest BCUT2D eigenvalue weighted by atomic mass is 35.5. The number of nitrogens with zero attached hydrogens (tertiary/aromatic N) is 5. The van der Waals surface area contributed by atoms with E-state index in [0.717, 1.165) is 39.9 Å². The predicted molar refractivity (Wildman–Crippen MR) is 100 cm³/mol. The van der Waals surface area contributed by atoms with Gasteiger partial charge in [0.1, 0.15) is 17.8 Å². The SMILES string of the molecule is FC(F)(F)c1ccc(N(c2ccncn2)c2c(C(F)(F)F)nc3ccc(Cl)cn23)cc1. The Labute approximate surface area is 175 Å². The maximum Gasteiger partial charge on any atom is 0.437 e. The van der Waals surface area contributed by atoms with Crippen LogP contribution in [0.1, 0.15) is 11.3 Å². The normalized spacial score (nSPS) is 12.4. The molecule has 0 unspecified atom stereocenters. The van der Waals surface area contributed by atoms with Gasteiger partial charge in [-0.15, -0.1) is 0 Å². The Kier molecular flexibility index (Phi) is 5.00. The van der Waals surface area contributed by atoms with E-state index in [1.807, 2.05) is 0 Å². The van der Waals surface area contributed by atoms with Crippen molar-refractivity contribution < 1.29 is 26.3 Å². The summed E-state index contributed by atoms with van der Waals surface area (Å²) in [6.07, 6.45) is -5.84. The molecule has 0 amide bonds. The van der Waals surface area contributed by atoms with Gasteiger partial charge in [0.15, 0.2) is 11.5 Å². The Hall–Kier alpha value is -3.34. The highest BCUT2D eigenvalue weighted by molar-refractivity contribution is 6.30. The van der Waals surface area contributed by atoms with E-state index in [1.54, 1.807) is 0 Å². The molecule has 0 saturated heterocycles.